The zero-order valence-corrected chi connectivity index (χ0v) is 15.2. The molecule has 3 N–H and O–H groups in total. The summed E-state index contributed by atoms with van der Waals surface area (Å²) in [6, 6.07) is 3.99. The first-order chi connectivity index (χ1) is 10.9. The first-order valence-corrected chi connectivity index (χ1v) is 9.15. The van der Waals surface area contributed by atoms with Crippen LogP contribution in [0, 0.1) is 11.3 Å². The number of aliphatic hydroxyl groups is 1. The molecule has 3 rings (SSSR count). The molecule has 0 radical (unpaired) electrons. The number of thiophene rings is 1. The Morgan fingerprint density at radius 1 is 1.57 bits per heavy atom. The Bertz CT molecular complexity index is 590. The summed E-state index contributed by atoms with van der Waals surface area (Å²) in [6.07, 6.45) is 0.846. The lowest BCUT2D eigenvalue weighted by molar-refractivity contribution is -0.106. The van der Waals surface area contributed by atoms with Crippen LogP contribution in [-0.2, 0) is 4.74 Å². The Morgan fingerprint density at radius 3 is 3.00 bits per heavy atom. The van der Waals surface area contributed by atoms with Crippen LogP contribution in [0.1, 0.15) is 31.2 Å². The van der Waals surface area contributed by atoms with Crippen molar-refractivity contribution in [1.82, 2.24) is 10.6 Å². The topological polar surface area (TPSA) is 65.9 Å². The first kappa shape index (κ1) is 17.0. The van der Waals surface area contributed by atoms with Crippen molar-refractivity contribution in [3.8, 4) is 0 Å². The van der Waals surface area contributed by atoms with Gasteiger partial charge in [-0.2, -0.15) is 0 Å². The van der Waals surface area contributed by atoms with Crippen molar-refractivity contribution in [3.05, 3.63) is 21.3 Å². The minimum absolute atomic E-state index is 0.0959. The lowest BCUT2D eigenvalue weighted by atomic mass is 9.57. The third kappa shape index (κ3) is 3.22. The lowest BCUT2D eigenvalue weighted by Gasteiger charge is -2.54. The highest BCUT2D eigenvalue weighted by Gasteiger charge is 2.59. The quantitative estimate of drug-likeness (QED) is 0.572. The smallest absolute Gasteiger partial charge is 0.191 e. The van der Waals surface area contributed by atoms with E-state index in [0.717, 1.165) is 23.9 Å². The molecule has 0 bridgehead atoms. The number of nitrogens with one attached hydrogen (secondary N) is 2. The zero-order chi connectivity index (χ0) is 16.6. The lowest BCUT2D eigenvalue weighted by Crippen LogP contribution is -2.68. The van der Waals surface area contributed by atoms with Crippen molar-refractivity contribution < 1.29 is 9.84 Å². The maximum absolute atomic E-state index is 10.2. The third-order valence-corrected chi connectivity index (χ3v) is 6.33. The number of fused-ring (bicyclic) bond motifs is 1. The summed E-state index contributed by atoms with van der Waals surface area (Å²) < 4.78 is 6.50. The average Bonchev–Trinajstić information content (AvgIpc) is 3.14. The van der Waals surface area contributed by atoms with Crippen LogP contribution >= 0.6 is 22.9 Å². The van der Waals surface area contributed by atoms with Crippen molar-refractivity contribution in [2.24, 2.45) is 16.3 Å². The number of aliphatic hydroxyl groups excluding tert-OH is 1. The molecule has 1 aromatic heterocycles. The number of guanidine groups is 1. The fourth-order valence-corrected chi connectivity index (χ4v) is 4.81. The monoisotopic (exact) mass is 357 g/mol. The standard InChI is InChI=1S/C16H24ClN3O2S/c1-16(2)13(9-6-7-22-14(9)16)20-15(18-3)19-8-10(21)11-4-5-12(17)23-11/h4-5,9-10,13-14,21H,6-8H2,1-3H3,(H2,18,19,20). The molecule has 0 aromatic carbocycles. The van der Waals surface area contributed by atoms with E-state index in [1.165, 1.54) is 11.3 Å². The second kappa shape index (κ2) is 6.59. The van der Waals surface area contributed by atoms with E-state index in [1.807, 2.05) is 6.07 Å². The minimum atomic E-state index is -0.594. The van der Waals surface area contributed by atoms with E-state index < -0.39 is 6.10 Å². The molecule has 1 aliphatic heterocycles. The summed E-state index contributed by atoms with van der Waals surface area (Å²) >= 11 is 7.31. The van der Waals surface area contributed by atoms with Gasteiger partial charge in [0.15, 0.2) is 5.96 Å². The number of nitrogens with zero attached hydrogens (tertiary/aromatic N) is 1. The van der Waals surface area contributed by atoms with Crippen LogP contribution in [0.15, 0.2) is 17.1 Å². The molecule has 0 spiro atoms. The molecule has 1 aliphatic carbocycles. The van der Waals surface area contributed by atoms with Crippen molar-refractivity contribution in [2.45, 2.75) is 38.5 Å². The molecule has 128 valence electrons. The number of halogens is 1. The van der Waals surface area contributed by atoms with Crippen LogP contribution in [0.3, 0.4) is 0 Å². The summed E-state index contributed by atoms with van der Waals surface area (Å²) in [5.74, 6) is 1.26. The number of hydrogen-bond acceptors (Lipinski definition) is 4. The van der Waals surface area contributed by atoms with Crippen LogP contribution in [0.2, 0.25) is 4.34 Å². The van der Waals surface area contributed by atoms with Crippen LogP contribution in [-0.4, -0.2) is 43.4 Å². The van der Waals surface area contributed by atoms with Crippen molar-refractivity contribution in [1.29, 1.82) is 0 Å². The third-order valence-electron chi connectivity index (χ3n) is 5.00. The van der Waals surface area contributed by atoms with Crippen LogP contribution < -0.4 is 10.6 Å². The van der Waals surface area contributed by atoms with Crippen molar-refractivity contribution in [2.75, 3.05) is 20.2 Å². The van der Waals surface area contributed by atoms with Crippen LogP contribution in [0.5, 0.6) is 0 Å². The van der Waals surface area contributed by atoms with E-state index in [2.05, 4.69) is 29.5 Å². The number of rotatable bonds is 4. The Hall–Kier alpha value is -0.820. The van der Waals surface area contributed by atoms with Gasteiger partial charge in [-0.1, -0.05) is 25.4 Å². The zero-order valence-electron chi connectivity index (χ0n) is 13.7. The molecule has 4 unspecified atom stereocenters. The summed E-state index contributed by atoms with van der Waals surface area (Å²) in [6.45, 7) is 5.70. The molecular weight excluding hydrogens is 334 g/mol. The van der Waals surface area contributed by atoms with Gasteiger partial charge in [0.25, 0.3) is 0 Å². The fraction of sp³-hybridized carbons (Fsp3) is 0.688. The molecule has 7 heteroatoms. The molecule has 5 nitrogen and oxygen atoms in total. The van der Waals surface area contributed by atoms with E-state index >= 15 is 0 Å². The molecule has 2 fully saturated rings. The minimum Gasteiger partial charge on any atom is -0.386 e. The molecule has 1 saturated heterocycles. The molecular formula is C16H24ClN3O2S. The fourth-order valence-electron chi connectivity index (χ4n) is 3.76. The van der Waals surface area contributed by atoms with Gasteiger partial charge in [-0.3, -0.25) is 4.99 Å². The van der Waals surface area contributed by atoms with Crippen LogP contribution in [0.25, 0.3) is 0 Å². The van der Waals surface area contributed by atoms with Crippen molar-refractivity contribution in [3.63, 3.8) is 0 Å². The van der Waals surface area contributed by atoms with E-state index in [1.54, 1.807) is 13.1 Å². The molecule has 2 aliphatic rings. The van der Waals surface area contributed by atoms with Gasteiger partial charge in [0.1, 0.15) is 6.10 Å². The van der Waals surface area contributed by atoms with E-state index in [-0.39, 0.29) is 5.41 Å². The maximum atomic E-state index is 10.2. The largest absolute Gasteiger partial charge is 0.386 e. The molecule has 1 saturated carbocycles. The predicted molar refractivity (Wildman–Crippen MR) is 94.2 cm³/mol. The van der Waals surface area contributed by atoms with Gasteiger partial charge in [-0.25, -0.2) is 0 Å². The number of ether oxygens (including phenoxy) is 1. The normalized spacial score (nSPS) is 30.5. The van der Waals surface area contributed by atoms with Gasteiger partial charge in [0, 0.05) is 42.5 Å². The second-order valence-electron chi connectivity index (χ2n) is 6.80. The highest BCUT2D eigenvalue weighted by molar-refractivity contribution is 7.16. The molecule has 23 heavy (non-hydrogen) atoms. The average molecular weight is 358 g/mol. The highest BCUT2D eigenvalue weighted by atomic mass is 35.5. The maximum Gasteiger partial charge on any atom is 0.191 e. The van der Waals surface area contributed by atoms with Gasteiger partial charge in [0.05, 0.1) is 10.4 Å². The first-order valence-electron chi connectivity index (χ1n) is 7.95. The molecule has 0 amide bonds. The van der Waals surface area contributed by atoms with Gasteiger partial charge in [-0.15, -0.1) is 11.3 Å². The summed E-state index contributed by atoms with van der Waals surface area (Å²) in [5, 5.41) is 16.9. The molecule has 1 aromatic rings. The number of aliphatic imine (C=N–C) groups is 1. The predicted octanol–water partition coefficient (Wildman–Crippen LogP) is 2.41. The van der Waals surface area contributed by atoms with Gasteiger partial charge in [0.2, 0.25) is 0 Å². The highest BCUT2D eigenvalue weighted by Crippen LogP contribution is 2.52. The Morgan fingerprint density at radius 2 is 2.35 bits per heavy atom. The van der Waals surface area contributed by atoms with Crippen molar-refractivity contribution >= 4 is 28.9 Å². The summed E-state index contributed by atoms with van der Waals surface area (Å²) in [4.78, 5) is 5.13. The summed E-state index contributed by atoms with van der Waals surface area (Å²) in [5.41, 5.74) is 0.0959. The number of hydrogen-bond donors (Lipinski definition) is 3. The van der Waals surface area contributed by atoms with E-state index in [9.17, 15) is 5.11 Å². The Balaban J connectivity index is 1.55. The van der Waals surface area contributed by atoms with Gasteiger partial charge >= 0.3 is 0 Å². The second-order valence-corrected chi connectivity index (χ2v) is 8.54. The Labute approximate surface area is 146 Å². The summed E-state index contributed by atoms with van der Waals surface area (Å²) in [7, 11) is 1.75. The van der Waals surface area contributed by atoms with Gasteiger partial charge < -0.3 is 20.5 Å². The molecule has 4 atom stereocenters. The van der Waals surface area contributed by atoms with Gasteiger partial charge in [-0.05, 0) is 18.6 Å². The van der Waals surface area contributed by atoms with Crippen LogP contribution in [0.4, 0.5) is 0 Å². The van der Waals surface area contributed by atoms with E-state index in [0.29, 0.717) is 28.9 Å². The Kier molecular flexibility index (Phi) is 4.88. The SMILES string of the molecule is CN=C(NCC(O)c1ccc(Cl)s1)NC1C2CCOC2C1(C)C. The molecule has 2 heterocycles. The van der Waals surface area contributed by atoms with E-state index in [4.69, 9.17) is 16.3 Å².